The third kappa shape index (κ3) is 6.19. The molecule has 1 heterocycles. The Balaban J connectivity index is 1.86. The minimum atomic E-state index is 1.32. The molecule has 5 rings (SSSR count). The molecule has 4 aromatic rings. The Hall–Kier alpha value is -2.59. The Kier molecular flexibility index (Phi) is 9.19. The van der Waals surface area contributed by atoms with Crippen LogP contribution in [0.3, 0.4) is 0 Å². The summed E-state index contributed by atoms with van der Waals surface area (Å²) < 4.78 is 2.76. The molecule has 0 bridgehead atoms. The van der Waals surface area contributed by atoms with E-state index in [4.69, 9.17) is 0 Å². The minimum absolute atomic E-state index is 1.32. The van der Waals surface area contributed by atoms with Crippen LogP contribution in [-0.4, -0.2) is 0 Å². The molecule has 0 spiro atoms. The Labute approximate surface area is 272 Å². The van der Waals surface area contributed by atoms with Crippen LogP contribution in [0, 0.1) is 83.1 Å². The summed E-state index contributed by atoms with van der Waals surface area (Å²) in [5.41, 5.74) is 24.3. The molecule has 1 aliphatic heterocycles. The lowest BCUT2D eigenvalue weighted by atomic mass is 9.86. The Morgan fingerprint density at radius 2 is 0.512 bits per heavy atom. The van der Waals surface area contributed by atoms with Crippen LogP contribution < -0.4 is 0 Å². The largest absolute Gasteiger partial charge is 0.0729 e. The lowest BCUT2D eigenvalue weighted by Gasteiger charge is -2.22. The molecule has 0 N–H and O–H groups in total. The first kappa shape index (κ1) is 31.8. The molecule has 0 unspecified atom stereocenters. The zero-order chi connectivity index (χ0) is 31.3. The number of aryl methyl sites for hydroxylation is 12. The number of benzene rings is 4. The predicted molar refractivity (Wildman–Crippen MR) is 197 cm³/mol. The summed E-state index contributed by atoms with van der Waals surface area (Å²) in [4.78, 5) is 0. The Morgan fingerprint density at radius 3 is 0.698 bits per heavy atom. The van der Waals surface area contributed by atoms with Gasteiger partial charge in [-0.3, -0.25) is 0 Å². The maximum atomic E-state index is 2.35. The van der Waals surface area contributed by atoms with Crippen LogP contribution in [0.2, 0.25) is 0 Å². The van der Waals surface area contributed by atoms with Crippen molar-refractivity contribution in [1.82, 2.24) is 0 Å². The van der Waals surface area contributed by atoms with Crippen molar-refractivity contribution in [1.29, 1.82) is 0 Å². The highest BCUT2D eigenvalue weighted by molar-refractivity contribution is 8.87. The highest BCUT2D eigenvalue weighted by Crippen LogP contribution is 2.63. The van der Waals surface area contributed by atoms with Crippen LogP contribution in [0.15, 0.2) is 57.0 Å². The van der Waals surface area contributed by atoms with E-state index >= 15 is 0 Å². The first-order valence-electron chi connectivity index (χ1n) is 15.1. The van der Waals surface area contributed by atoms with Gasteiger partial charge in [0.05, 0.1) is 8.47 Å². The summed E-state index contributed by atoms with van der Waals surface area (Å²) in [5.74, 6) is 0. The Bertz CT molecular complexity index is 1500. The lowest BCUT2D eigenvalue weighted by Crippen LogP contribution is -2.03. The fourth-order valence-electron chi connectivity index (χ4n) is 7.33. The van der Waals surface area contributed by atoms with Gasteiger partial charge in [0.15, 0.2) is 0 Å². The number of hydrogen-bond donors (Lipinski definition) is 0. The smallest absolute Gasteiger partial charge is 0.0653 e. The van der Waals surface area contributed by atoms with Gasteiger partial charge in [-0.2, -0.15) is 0 Å². The molecule has 43 heavy (non-hydrogen) atoms. The monoisotopic (exact) mass is 620 g/mol. The van der Waals surface area contributed by atoms with Crippen molar-refractivity contribution in [3.8, 4) is 0 Å². The summed E-state index contributed by atoms with van der Waals surface area (Å²) in [6, 6.07) is 18.8. The van der Waals surface area contributed by atoms with Gasteiger partial charge in [0, 0.05) is 11.1 Å². The van der Waals surface area contributed by atoms with E-state index in [1.54, 1.807) is 0 Å². The zero-order valence-corrected chi connectivity index (χ0v) is 30.3. The average Bonchev–Trinajstić information content (AvgIpc) is 3.34. The van der Waals surface area contributed by atoms with Gasteiger partial charge in [-0.1, -0.05) is 82.5 Å². The van der Waals surface area contributed by atoms with Crippen molar-refractivity contribution in [3.63, 3.8) is 0 Å². The molecule has 0 saturated carbocycles. The van der Waals surface area contributed by atoms with Crippen LogP contribution in [0.1, 0.15) is 89.0 Å². The fraction of sp³-hybridized carbons (Fsp3) is 0.300. The van der Waals surface area contributed by atoms with Crippen molar-refractivity contribution in [2.75, 3.05) is 0 Å². The third-order valence-electron chi connectivity index (χ3n) is 8.49. The summed E-state index contributed by atoms with van der Waals surface area (Å²) >= 11 is 1.98. The second-order valence-electron chi connectivity index (χ2n) is 12.7. The van der Waals surface area contributed by atoms with Crippen LogP contribution in [-0.2, 0) is 0 Å². The van der Waals surface area contributed by atoms with Gasteiger partial charge in [-0.05, 0) is 171 Å². The topological polar surface area (TPSA) is 0 Å². The van der Waals surface area contributed by atoms with Gasteiger partial charge >= 0.3 is 0 Å². The van der Waals surface area contributed by atoms with E-state index in [0.717, 1.165) is 0 Å². The van der Waals surface area contributed by atoms with Gasteiger partial charge in [-0.25, -0.2) is 0 Å². The number of hydrogen-bond acceptors (Lipinski definition) is 3. The normalized spacial score (nSPS) is 13.2. The fourth-order valence-corrected chi connectivity index (χ4v) is 12.0. The molecular formula is C40H44S3. The van der Waals surface area contributed by atoms with Crippen molar-refractivity contribution in [3.05, 3.63) is 146 Å². The molecule has 0 amide bonds. The van der Waals surface area contributed by atoms with Crippen LogP contribution in [0.5, 0.6) is 0 Å². The molecule has 1 aliphatic rings. The molecule has 0 nitrogen and oxygen atoms in total. The van der Waals surface area contributed by atoms with E-state index in [1.807, 2.05) is 33.3 Å². The molecule has 222 valence electrons. The molecular weight excluding hydrogens is 577 g/mol. The van der Waals surface area contributed by atoms with Crippen LogP contribution in [0.25, 0.3) is 11.1 Å². The van der Waals surface area contributed by atoms with E-state index in [2.05, 4.69) is 132 Å². The van der Waals surface area contributed by atoms with Gasteiger partial charge in [0.25, 0.3) is 0 Å². The van der Waals surface area contributed by atoms with E-state index in [1.165, 1.54) is 109 Å². The first-order valence-corrected chi connectivity index (χ1v) is 18.1. The second-order valence-corrected chi connectivity index (χ2v) is 16.4. The summed E-state index contributed by atoms with van der Waals surface area (Å²) in [7, 11) is 3.88. The molecule has 4 aromatic carbocycles. The highest BCUT2D eigenvalue weighted by atomic mass is 33.1. The number of rotatable bonds is 4. The molecule has 0 atom stereocenters. The minimum Gasteiger partial charge on any atom is -0.0729 e. The third-order valence-corrected chi connectivity index (χ3v) is 13.0. The predicted octanol–water partition coefficient (Wildman–Crippen LogP) is 12.6. The van der Waals surface area contributed by atoms with Crippen molar-refractivity contribution >= 4 is 44.5 Å². The zero-order valence-electron chi connectivity index (χ0n) is 27.8. The maximum absolute atomic E-state index is 2.35. The van der Waals surface area contributed by atoms with Gasteiger partial charge in [0.1, 0.15) is 0 Å². The standard InChI is InChI=1S/C40H44S3/c1-21-13-25(5)33(26(6)14-21)37(34-27(7)15-22(2)16-28(34)8)39-41-40(43-42-39)38(35-29(9)17-23(3)18-30(35)10)36-31(11)19-24(4)20-32(36)12/h13-20H,1-12H3. The van der Waals surface area contributed by atoms with Crippen molar-refractivity contribution < 1.29 is 0 Å². The Morgan fingerprint density at radius 1 is 0.326 bits per heavy atom. The van der Waals surface area contributed by atoms with E-state index in [9.17, 15) is 0 Å². The molecule has 0 aliphatic carbocycles. The first-order chi connectivity index (χ1) is 20.3. The average molecular weight is 621 g/mol. The van der Waals surface area contributed by atoms with E-state index in [-0.39, 0.29) is 0 Å². The van der Waals surface area contributed by atoms with E-state index in [0.29, 0.717) is 0 Å². The summed E-state index contributed by atoms with van der Waals surface area (Å²) in [6.45, 7) is 27.1. The maximum Gasteiger partial charge on any atom is 0.0653 e. The van der Waals surface area contributed by atoms with Crippen molar-refractivity contribution in [2.24, 2.45) is 0 Å². The van der Waals surface area contributed by atoms with Crippen molar-refractivity contribution in [2.45, 2.75) is 83.1 Å². The van der Waals surface area contributed by atoms with Gasteiger partial charge in [0.2, 0.25) is 0 Å². The molecule has 1 saturated heterocycles. The summed E-state index contributed by atoms with van der Waals surface area (Å²) in [6.07, 6.45) is 0. The lowest BCUT2D eigenvalue weighted by molar-refractivity contribution is 1.25. The van der Waals surface area contributed by atoms with Crippen LogP contribution in [0.4, 0.5) is 0 Å². The van der Waals surface area contributed by atoms with E-state index < -0.39 is 0 Å². The molecule has 1 fully saturated rings. The van der Waals surface area contributed by atoms with Gasteiger partial charge in [-0.15, -0.1) is 0 Å². The highest BCUT2D eigenvalue weighted by Gasteiger charge is 2.30. The van der Waals surface area contributed by atoms with Gasteiger partial charge < -0.3 is 0 Å². The summed E-state index contributed by atoms with van der Waals surface area (Å²) in [5, 5.41) is 0. The SMILES string of the molecule is Cc1cc(C)c(C(=C2SSC(=C(c3c(C)cc(C)cc3C)c3c(C)cc(C)cc3C)S2)c2c(C)cc(C)cc2C)c(C)c1. The second kappa shape index (κ2) is 12.4. The quantitative estimate of drug-likeness (QED) is 0.208. The van der Waals surface area contributed by atoms with Crippen LogP contribution >= 0.6 is 33.3 Å². The molecule has 0 radical (unpaired) electrons. The molecule has 3 heteroatoms. The molecule has 0 aromatic heterocycles. The number of thioether (sulfide) groups is 1.